The summed E-state index contributed by atoms with van der Waals surface area (Å²) in [4.78, 5) is 28.7. The smallest absolute Gasteiger partial charge is 0.251 e. The monoisotopic (exact) mass is 355 g/mol. The van der Waals surface area contributed by atoms with Gasteiger partial charge in [0.2, 0.25) is 5.91 Å². The molecule has 0 saturated carbocycles. The Kier molecular flexibility index (Phi) is 5.36. The highest BCUT2D eigenvalue weighted by molar-refractivity contribution is 5.95. The van der Waals surface area contributed by atoms with Crippen LogP contribution in [0.15, 0.2) is 42.7 Å². The van der Waals surface area contributed by atoms with Gasteiger partial charge in [0.05, 0.1) is 26.3 Å². The normalized spacial score (nSPS) is 19.4. The molecule has 0 radical (unpaired) electrons. The first-order chi connectivity index (χ1) is 12.6. The van der Waals surface area contributed by atoms with E-state index in [1.165, 1.54) is 14.2 Å². The molecule has 1 aliphatic heterocycles. The molecule has 1 saturated heterocycles. The lowest BCUT2D eigenvalue weighted by Crippen LogP contribution is -2.50. The lowest BCUT2D eigenvalue weighted by molar-refractivity contribution is -0.123. The van der Waals surface area contributed by atoms with Crippen molar-refractivity contribution in [3.63, 3.8) is 0 Å². The summed E-state index contributed by atoms with van der Waals surface area (Å²) in [6.45, 7) is 0. The Morgan fingerprint density at radius 2 is 1.96 bits per heavy atom. The van der Waals surface area contributed by atoms with Crippen molar-refractivity contribution in [1.82, 2.24) is 15.6 Å². The van der Waals surface area contributed by atoms with Crippen LogP contribution in [0.1, 0.15) is 34.8 Å². The molecule has 1 fully saturated rings. The van der Waals surface area contributed by atoms with Gasteiger partial charge in [-0.15, -0.1) is 0 Å². The summed E-state index contributed by atoms with van der Waals surface area (Å²) in [6, 6.07) is 8.15. The van der Waals surface area contributed by atoms with Crippen LogP contribution >= 0.6 is 0 Å². The van der Waals surface area contributed by atoms with Crippen LogP contribution in [0, 0.1) is 0 Å². The number of ether oxygens (including phenoxy) is 2. The van der Waals surface area contributed by atoms with E-state index >= 15 is 0 Å². The number of piperidine rings is 1. The Labute approximate surface area is 151 Å². The van der Waals surface area contributed by atoms with E-state index in [1.54, 1.807) is 30.6 Å². The molecule has 1 aromatic heterocycles. The molecular weight excluding hydrogens is 334 g/mol. The molecule has 0 bridgehead atoms. The van der Waals surface area contributed by atoms with Crippen molar-refractivity contribution >= 4 is 11.8 Å². The summed E-state index contributed by atoms with van der Waals surface area (Å²) in [5, 5.41) is 5.96. The average Bonchev–Trinajstić information content (AvgIpc) is 2.69. The Morgan fingerprint density at radius 3 is 2.58 bits per heavy atom. The van der Waals surface area contributed by atoms with Gasteiger partial charge in [0.15, 0.2) is 0 Å². The number of amides is 2. The number of rotatable bonds is 5. The maximum atomic E-state index is 12.8. The van der Waals surface area contributed by atoms with Crippen molar-refractivity contribution in [2.24, 2.45) is 0 Å². The second kappa shape index (κ2) is 7.86. The number of pyridine rings is 1. The first kappa shape index (κ1) is 17.7. The van der Waals surface area contributed by atoms with Gasteiger partial charge < -0.3 is 20.1 Å². The zero-order valence-electron chi connectivity index (χ0n) is 14.7. The minimum atomic E-state index is -0.318. The van der Waals surface area contributed by atoms with Crippen LogP contribution in [0.3, 0.4) is 0 Å². The van der Waals surface area contributed by atoms with Crippen molar-refractivity contribution in [2.45, 2.75) is 24.9 Å². The van der Waals surface area contributed by atoms with Crippen LogP contribution in [0.2, 0.25) is 0 Å². The molecule has 1 unspecified atom stereocenters. The molecule has 2 amide bonds. The zero-order chi connectivity index (χ0) is 18.5. The lowest BCUT2D eigenvalue weighted by Gasteiger charge is -2.33. The highest BCUT2D eigenvalue weighted by atomic mass is 16.5. The number of nitrogens with zero attached hydrogens (tertiary/aromatic N) is 1. The molecule has 7 nitrogen and oxygen atoms in total. The molecule has 0 aliphatic carbocycles. The first-order valence-corrected chi connectivity index (χ1v) is 8.34. The Balaban J connectivity index is 1.82. The van der Waals surface area contributed by atoms with Gasteiger partial charge in [-0.1, -0.05) is 6.07 Å². The van der Waals surface area contributed by atoms with E-state index in [1.807, 2.05) is 12.1 Å². The van der Waals surface area contributed by atoms with Crippen LogP contribution in [0.25, 0.3) is 0 Å². The predicted molar refractivity (Wildman–Crippen MR) is 95.2 cm³/mol. The van der Waals surface area contributed by atoms with Gasteiger partial charge in [-0.25, -0.2) is 0 Å². The van der Waals surface area contributed by atoms with E-state index in [-0.39, 0.29) is 23.9 Å². The fourth-order valence-corrected chi connectivity index (χ4v) is 3.02. The molecule has 0 spiro atoms. The van der Waals surface area contributed by atoms with Crippen molar-refractivity contribution < 1.29 is 19.1 Å². The molecular formula is C19H21N3O4. The summed E-state index contributed by atoms with van der Waals surface area (Å²) < 4.78 is 10.4. The Hall–Kier alpha value is -3.09. The van der Waals surface area contributed by atoms with E-state index < -0.39 is 0 Å². The molecule has 2 aromatic rings. The second-order valence-electron chi connectivity index (χ2n) is 6.05. The van der Waals surface area contributed by atoms with Gasteiger partial charge in [0, 0.05) is 30.4 Å². The molecule has 3 rings (SSSR count). The number of hydrogen-bond donors (Lipinski definition) is 2. The van der Waals surface area contributed by atoms with Crippen molar-refractivity contribution in [1.29, 1.82) is 0 Å². The highest BCUT2D eigenvalue weighted by Crippen LogP contribution is 2.26. The summed E-state index contributed by atoms with van der Waals surface area (Å²) in [5.74, 6) is 0.787. The van der Waals surface area contributed by atoms with Crippen molar-refractivity contribution in [3.8, 4) is 11.5 Å². The summed E-state index contributed by atoms with van der Waals surface area (Å²) in [6.07, 6.45) is 4.29. The molecule has 7 heteroatoms. The minimum absolute atomic E-state index is 0.0348. The number of hydrogen-bond acceptors (Lipinski definition) is 5. The Morgan fingerprint density at radius 1 is 1.23 bits per heavy atom. The number of methoxy groups -OCH3 is 2. The first-order valence-electron chi connectivity index (χ1n) is 8.34. The van der Waals surface area contributed by atoms with Gasteiger partial charge in [0.1, 0.15) is 11.5 Å². The third-order valence-electron chi connectivity index (χ3n) is 4.37. The minimum Gasteiger partial charge on any atom is -0.497 e. The third-order valence-corrected chi connectivity index (χ3v) is 4.37. The van der Waals surface area contributed by atoms with E-state index in [4.69, 9.17) is 9.47 Å². The van der Waals surface area contributed by atoms with E-state index in [0.29, 0.717) is 29.9 Å². The second-order valence-corrected chi connectivity index (χ2v) is 6.05. The molecule has 2 heterocycles. The molecule has 1 aromatic carbocycles. The van der Waals surface area contributed by atoms with Gasteiger partial charge in [0.25, 0.3) is 5.91 Å². The molecule has 2 N–H and O–H groups in total. The number of nitrogens with one attached hydrogen (secondary N) is 2. The van der Waals surface area contributed by atoms with Gasteiger partial charge in [-0.05, 0) is 30.2 Å². The number of aromatic nitrogens is 1. The summed E-state index contributed by atoms with van der Waals surface area (Å²) in [7, 11) is 3.07. The quantitative estimate of drug-likeness (QED) is 0.854. The number of carbonyl (C=O) groups is 2. The standard InChI is InChI=1S/C19H21N3O4/c1-25-14-8-13(9-15(10-14)26-2)19(24)21-16-5-6-17(23)22-18(16)12-4-3-7-20-11-12/h3-4,7-11,16,18H,5-6H2,1-2H3,(H,21,24)(H,22,23)/t16-,18?/m0/s1. The topological polar surface area (TPSA) is 89.5 Å². The predicted octanol–water partition coefficient (Wildman–Crippen LogP) is 1.85. The summed E-state index contributed by atoms with van der Waals surface area (Å²) >= 11 is 0. The fourth-order valence-electron chi connectivity index (χ4n) is 3.02. The zero-order valence-corrected chi connectivity index (χ0v) is 14.7. The molecule has 2 atom stereocenters. The largest absolute Gasteiger partial charge is 0.497 e. The number of carbonyl (C=O) groups excluding carboxylic acids is 2. The molecule has 1 aliphatic rings. The van der Waals surface area contributed by atoms with E-state index in [0.717, 1.165) is 5.56 Å². The lowest BCUT2D eigenvalue weighted by atomic mass is 9.92. The van der Waals surface area contributed by atoms with Crippen LogP contribution < -0.4 is 20.1 Å². The van der Waals surface area contributed by atoms with E-state index in [2.05, 4.69) is 15.6 Å². The van der Waals surface area contributed by atoms with Gasteiger partial charge >= 0.3 is 0 Å². The fraction of sp³-hybridized carbons (Fsp3) is 0.316. The van der Waals surface area contributed by atoms with Crippen LogP contribution in [-0.4, -0.2) is 37.1 Å². The Bertz CT molecular complexity index is 772. The maximum Gasteiger partial charge on any atom is 0.251 e. The van der Waals surface area contributed by atoms with Crippen LogP contribution in [0.5, 0.6) is 11.5 Å². The third kappa shape index (κ3) is 3.93. The number of benzene rings is 1. The van der Waals surface area contributed by atoms with Crippen molar-refractivity contribution in [3.05, 3.63) is 53.9 Å². The van der Waals surface area contributed by atoms with Crippen LogP contribution in [-0.2, 0) is 4.79 Å². The maximum absolute atomic E-state index is 12.8. The van der Waals surface area contributed by atoms with Crippen LogP contribution in [0.4, 0.5) is 0 Å². The SMILES string of the molecule is COc1cc(OC)cc(C(=O)N[C@H]2CCC(=O)NC2c2cccnc2)c1. The van der Waals surface area contributed by atoms with Gasteiger partial charge in [-0.2, -0.15) is 0 Å². The van der Waals surface area contributed by atoms with Crippen molar-refractivity contribution in [2.75, 3.05) is 14.2 Å². The average molecular weight is 355 g/mol. The van der Waals surface area contributed by atoms with E-state index in [9.17, 15) is 9.59 Å². The summed E-state index contributed by atoms with van der Waals surface area (Å²) in [5.41, 5.74) is 1.29. The van der Waals surface area contributed by atoms with Gasteiger partial charge in [-0.3, -0.25) is 14.6 Å². The molecule has 26 heavy (non-hydrogen) atoms. The highest BCUT2D eigenvalue weighted by Gasteiger charge is 2.31. The molecule has 136 valence electrons.